The normalized spacial score (nSPS) is 11.1. The van der Waals surface area contributed by atoms with Crippen LogP contribution in [0.1, 0.15) is 31.0 Å². The van der Waals surface area contributed by atoms with E-state index in [0.717, 1.165) is 16.8 Å². The van der Waals surface area contributed by atoms with E-state index in [1.165, 1.54) is 12.1 Å². The topological polar surface area (TPSA) is 25.8 Å². The van der Waals surface area contributed by atoms with Gasteiger partial charge in [-0.05, 0) is 41.8 Å². The second kappa shape index (κ2) is 5.85. The average molecular weight is 299 g/mol. The van der Waals surface area contributed by atoms with Crippen LogP contribution in [0.15, 0.2) is 24.3 Å². The molecule has 0 saturated heterocycles. The zero-order chi connectivity index (χ0) is 14.0. The molecule has 0 spiro atoms. The third kappa shape index (κ3) is 3.04. The van der Waals surface area contributed by atoms with Gasteiger partial charge in [0.15, 0.2) is 0 Å². The Morgan fingerprint density at radius 3 is 2.32 bits per heavy atom. The summed E-state index contributed by atoms with van der Waals surface area (Å²) in [4.78, 5) is 8.48. The summed E-state index contributed by atoms with van der Waals surface area (Å²) in [5.41, 5.74) is 3.11. The van der Waals surface area contributed by atoms with Gasteiger partial charge in [-0.1, -0.05) is 13.8 Å². The third-order valence-corrected chi connectivity index (χ3v) is 3.25. The Kier molecular flexibility index (Phi) is 4.38. The maximum absolute atomic E-state index is 13.0. The molecule has 0 bridgehead atoms. The van der Waals surface area contributed by atoms with E-state index in [1.807, 2.05) is 13.8 Å². The maximum Gasteiger partial charge on any atom is 0.223 e. The third-order valence-electron chi connectivity index (χ3n) is 2.81. The molecule has 0 amide bonds. The maximum atomic E-state index is 13.0. The van der Waals surface area contributed by atoms with Crippen LogP contribution in [0.2, 0.25) is 5.28 Å². The number of aromatic nitrogens is 2. The smallest absolute Gasteiger partial charge is 0.222 e. The molecule has 0 aliphatic rings. The summed E-state index contributed by atoms with van der Waals surface area (Å²) in [6, 6.07) is 6.10. The van der Waals surface area contributed by atoms with E-state index >= 15 is 0 Å². The summed E-state index contributed by atoms with van der Waals surface area (Å²) in [5, 5.41) is 0.178. The van der Waals surface area contributed by atoms with Gasteiger partial charge in [-0.25, -0.2) is 14.4 Å². The lowest BCUT2D eigenvalue weighted by Crippen LogP contribution is -2.04. The first-order chi connectivity index (χ1) is 9.02. The number of alkyl halides is 1. The van der Waals surface area contributed by atoms with Crippen LogP contribution in [0.4, 0.5) is 4.39 Å². The Labute approximate surface area is 121 Å². The minimum absolute atomic E-state index is 0.178. The molecule has 1 heterocycles. The molecule has 100 valence electrons. The minimum Gasteiger partial charge on any atom is -0.222 e. The summed E-state index contributed by atoms with van der Waals surface area (Å²) >= 11 is 12.0. The Bertz CT molecular complexity index is 583. The number of rotatable bonds is 3. The quantitative estimate of drug-likeness (QED) is 0.601. The van der Waals surface area contributed by atoms with E-state index in [9.17, 15) is 4.39 Å². The molecule has 0 fully saturated rings. The molecule has 0 atom stereocenters. The fraction of sp³-hybridized carbons (Fsp3) is 0.286. The zero-order valence-corrected chi connectivity index (χ0v) is 12.1. The predicted molar refractivity (Wildman–Crippen MR) is 76.1 cm³/mol. The van der Waals surface area contributed by atoms with E-state index in [1.54, 1.807) is 12.1 Å². The highest BCUT2D eigenvalue weighted by Gasteiger charge is 2.16. The Balaban J connectivity index is 2.64. The molecule has 1 aromatic carbocycles. The standard InChI is InChI=1S/C14H13Cl2FN2/c1-8(2)12-11(7-15)13(19-14(16)18-12)9-3-5-10(17)6-4-9/h3-6,8H,7H2,1-2H3. The second-order valence-electron chi connectivity index (χ2n) is 4.50. The van der Waals surface area contributed by atoms with Crippen LogP contribution in [0.5, 0.6) is 0 Å². The number of benzene rings is 1. The summed E-state index contributed by atoms with van der Waals surface area (Å²) in [5.74, 6) is 0.186. The van der Waals surface area contributed by atoms with Gasteiger partial charge in [-0.15, -0.1) is 11.6 Å². The Hall–Kier alpha value is -1.19. The van der Waals surface area contributed by atoms with Crippen LogP contribution in [0, 0.1) is 5.82 Å². The highest BCUT2D eigenvalue weighted by Crippen LogP contribution is 2.30. The lowest BCUT2D eigenvalue weighted by Gasteiger charge is -2.14. The van der Waals surface area contributed by atoms with Gasteiger partial charge in [0.2, 0.25) is 5.28 Å². The van der Waals surface area contributed by atoms with Gasteiger partial charge in [0.25, 0.3) is 0 Å². The fourth-order valence-corrected chi connectivity index (χ4v) is 2.37. The number of nitrogens with zero attached hydrogens (tertiary/aromatic N) is 2. The molecular weight excluding hydrogens is 286 g/mol. The van der Waals surface area contributed by atoms with E-state index in [4.69, 9.17) is 23.2 Å². The van der Waals surface area contributed by atoms with Crippen LogP contribution in [-0.4, -0.2) is 9.97 Å². The van der Waals surface area contributed by atoms with Crippen molar-refractivity contribution in [2.24, 2.45) is 0 Å². The van der Waals surface area contributed by atoms with Crippen molar-refractivity contribution in [3.63, 3.8) is 0 Å². The zero-order valence-electron chi connectivity index (χ0n) is 10.6. The van der Waals surface area contributed by atoms with Crippen molar-refractivity contribution in [3.05, 3.63) is 46.6 Å². The van der Waals surface area contributed by atoms with Crippen molar-refractivity contribution in [2.75, 3.05) is 0 Å². The summed E-state index contributed by atoms with van der Waals surface area (Å²) < 4.78 is 13.0. The van der Waals surface area contributed by atoms with Crippen molar-refractivity contribution in [1.29, 1.82) is 0 Å². The van der Waals surface area contributed by atoms with Gasteiger partial charge in [-0.3, -0.25) is 0 Å². The van der Waals surface area contributed by atoms with Crippen LogP contribution >= 0.6 is 23.2 Å². The first-order valence-corrected chi connectivity index (χ1v) is 6.82. The minimum atomic E-state index is -0.291. The van der Waals surface area contributed by atoms with Crippen molar-refractivity contribution in [3.8, 4) is 11.3 Å². The molecule has 2 aromatic rings. The van der Waals surface area contributed by atoms with Gasteiger partial charge in [0.1, 0.15) is 5.82 Å². The fourth-order valence-electron chi connectivity index (χ4n) is 1.93. The summed E-state index contributed by atoms with van der Waals surface area (Å²) in [6.07, 6.45) is 0. The molecule has 2 nitrogen and oxygen atoms in total. The van der Waals surface area contributed by atoms with Crippen LogP contribution in [0.25, 0.3) is 11.3 Å². The van der Waals surface area contributed by atoms with Crippen molar-refractivity contribution in [1.82, 2.24) is 9.97 Å². The predicted octanol–water partition coefficient (Wildman–Crippen LogP) is 4.80. The van der Waals surface area contributed by atoms with Gasteiger partial charge >= 0.3 is 0 Å². The Morgan fingerprint density at radius 1 is 1.16 bits per heavy atom. The second-order valence-corrected chi connectivity index (χ2v) is 5.11. The van der Waals surface area contributed by atoms with Crippen LogP contribution in [0.3, 0.4) is 0 Å². The van der Waals surface area contributed by atoms with Gasteiger partial charge in [0, 0.05) is 11.1 Å². The number of hydrogen-bond donors (Lipinski definition) is 0. The van der Waals surface area contributed by atoms with Crippen molar-refractivity contribution >= 4 is 23.2 Å². The Morgan fingerprint density at radius 2 is 1.79 bits per heavy atom. The molecule has 0 radical (unpaired) electrons. The van der Waals surface area contributed by atoms with E-state index in [-0.39, 0.29) is 22.9 Å². The first-order valence-electron chi connectivity index (χ1n) is 5.91. The highest BCUT2D eigenvalue weighted by atomic mass is 35.5. The molecule has 1 aromatic heterocycles. The first kappa shape index (κ1) is 14.2. The van der Waals surface area contributed by atoms with Crippen LogP contribution < -0.4 is 0 Å². The van der Waals surface area contributed by atoms with Crippen molar-refractivity contribution in [2.45, 2.75) is 25.6 Å². The lowest BCUT2D eigenvalue weighted by molar-refractivity contribution is 0.628. The largest absolute Gasteiger partial charge is 0.223 e. The van der Waals surface area contributed by atoms with E-state index in [2.05, 4.69) is 9.97 Å². The molecule has 0 aliphatic heterocycles. The molecule has 0 N–H and O–H groups in total. The molecule has 19 heavy (non-hydrogen) atoms. The molecule has 5 heteroatoms. The molecule has 2 rings (SSSR count). The average Bonchev–Trinajstić information content (AvgIpc) is 2.38. The van der Waals surface area contributed by atoms with Gasteiger partial charge in [-0.2, -0.15) is 0 Å². The SMILES string of the molecule is CC(C)c1nc(Cl)nc(-c2ccc(F)cc2)c1CCl. The number of hydrogen-bond acceptors (Lipinski definition) is 2. The summed E-state index contributed by atoms with van der Waals surface area (Å²) in [7, 11) is 0. The van der Waals surface area contributed by atoms with Crippen molar-refractivity contribution < 1.29 is 4.39 Å². The van der Waals surface area contributed by atoms with Crippen LogP contribution in [-0.2, 0) is 5.88 Å². The lowest BCUT2D eigenvalue weighted by atomic mass is 10.00. The van der Waals surface area contributed by atoms with E-state index < -0.39 is 0 Å². The molecule has 0 unspecified atom stereocenters. The van der Waals surface area contributed by atoms with Gasteiger partial charge in [0.05, 0.1) is 17.3 Å². The molecule has 0 aliphatic carbocycles. The molecule has 0 saturated carbocycles. The van der Waals surface area contributed by atoms with E-state index in [0.29, 0.717) is 5.69 Å². The monoisotopic (exact) mass is 298 g/mol. The highest BCUT2D eigenvalue weighted by molar-refractivity contribution is 6.28. The van der Waals surface area contributed by atoms with Gasteiger partial charge < -0.3 is 0 Å². The number of halogens is 3. The molecular formula is C14H13Cl2FN2. The summed E-state index contributed by atoms with van der Waals surface area (Å²) in [6.45, 7) is 4.03.